The summed E-state index contributed by atoms with van der Waals surface area (Å²) in [5.41, 5.74) is 0.685. The van der Waals surface area contributed by atoms with Crippen molar-refractivity contribution in [1.29, 1.82) is 0 Å². The van der Waals surface area contributed by atoms with Crippen molar-refractivity contribution in [3.8, 4) is 0 Å². The lowest BCUT2D eigenvalue weighted by Gasteiger charge is -2.26. The van der Waals surface area contributed by atoms with Gasteiger partial charge in [0.2, 0.25) is 0 Å². The third kappa shape index (κ3) is 3.62. The highest BCUT2D eigenvalue weighted by atomic mass is 79.9. The molecule has 0 aromatic heterocycles. The normalized spacial score (nSPS) is 25.9. The number of rotatable bonds is 3. The van der Waals surface area contributed by atoms with Gasteiger partial charge in [-0.15, -0.1) is 0 Å². The summed E-state index contributed by atoms with van der Waals surface area (Å²) in [6.07, 6.45) is 1.82. The van der Waals surface area contributed by atoms with Crippen LogP contribution >= 0.6 is 15.9 Å². The van der Waals surface area contributed by atoms with Crippen LogP contribution in [0.2, 0.25) is 0 Å². The summed E-state index contributed by atoms with van der Waals surface area (Å²) in [6, 6.07) is 5.48. The number of hydrogen-bond acceptors (Lipinski definition) is 2. The molecule has 2 rings (SSSR count). The van der Waals surface area contributed by atoms with E-state index in [2.05, 4.69) is 21.2 Å². The molecule has 1 heterocycles. The second-order valence-corrected chi connectivity index (χ2v) is 7.29. The zero-order valence-electron chi connectivity index (χ0n) is 10.3. The Kier molecular flexibility index (Phi) is 4.92. The molecule has 18 heavy (non-hydrogen) atoms. The van der Waals surface area contributed by atoms with Crippen molar-refractivity contribution in [2.45, 2.75) is 31.8 Å². The second-order valence-electron chi connectivity index (χ2n) is 4.68. The molecule has 0 amide bonds. The Balaban J connectivity index is 1.98. The molecule has 0 spiro atoms. The first kappa shape index (κ1) is 14.2. The first-order valence-corrected chi connectivity index (χ1v) is 8.40. The van der Waals surface area contributed by atoms with Crippen molar-refractivity contribution in [2.75, 3.05) is 11.5 Å². The molecule has 0 saturated carbocycles. The molecule has 0 radical (unpaired) electrons. The van der Waals surface area contributed by atoms with E-state index in [1.54, 1.807) is 6.07 Å². The summed E-state index contributed by atoms with van der Waals surface area (Å²) < 4.78 is 25.8. The Hall–Kier alpha value is -0.260. The van der Waals surface area contributed by atoms with E-state index in [4.69, 9.17) is 0 Å². The zero-order valence-corrected chi connectivity index (χ0v) is 12.7. The van der Waals surface area contributed by atoms with E-state index in [9.17, 15) is 8.60 Å². The van der Waals surface area contributed by atoms with Crippen LogP contribution in [0.1, 0.15) is 31.4 Å². The van der Waals surface area contributed by atoms with Crippen molar-refractivity contribution in [3.05, 3.63) is 34.1 Å². The average molecular weight is 334 g/mol. The van der Waals surface area contributed by atoms with Gasteiger partial charge in [0.25, 0.3) is 0 Å². The van der Waals surface area contributed by atoms with Crippen molar-refractivity contribution in [3.63, 3.8) is 0 Å². The van der Waals surface area contributed by atoms with Gasteiger partial charge in [0.1, 0.15) is 5.82 Å². The zero-order chi connectivity index (χ0) is 13.1. The third-order valence-electron chi connectivity index (χ3n) is 3.30. The molecule has 2 nitrogen and oxygen atoms in total. The van der Waals surface area contributed by atoms with Crippen LogP contribution in [0.15, 0.2) is 22.7 Å². The first-order chi connectivity index (χ1) is 8.56. The molecular formula is C13H17BrFNOS. The minimum Gasteiger partial charge on any atom is -0.307 e. The molecule has 1 atom stereocenters. The van der Waals surface area contributed by atoms with Gasteiger partial charge in [-0.05, 0) is 31.9 Å². The Morgan fingerprint density at radius 1 is 1.44 bits per heavy atom. The van der Waals surface area contributed by atoms with Gasteiger partial charge in [-0.2, -0.15) is 0 Å². The second kappa shape index (κ2) is 6.26. The SMILES string of the molecule is CC(NC1CCS(=O)CC1)c1ccc(Br)cc1F. The van der Waals surface area contributed by atoms with Gasteiger partial charge in [0.15, 0.2) is 0 Å². The molecule has 1 unspecified atom stereocenters. The van der Waals surface area contributed by atoms with Crippen LogP contribution in [-0.4, -0.2) is 21.8 Å². The van der Waals surface area contributed by atoms with Gasteiger partial charge in [-0.3, -0.25) is 4.21 Å². The van der Waals surface area contributed by atoms with E-state index >= 15 is 0 Å². The van der Waals surface area contributed by atoms with Gasteiger partial charge in [-0.25, -0.2) is 4.39 Å². The molecule has 1 N–H and O–H groups in total. The maximum atomic E-state index is 13.8. The Morgan fingerprint density at radius 2 is 2.11 bits per heavy atom. The fourth-order valence-electron chi connectivity index (χ4n) is 2.26. The molecule has 1 fully saturated rings. The molecule has 1 aromatic carbocycles. The monoisotopic (exact) mass is 333 g/mol. The van der Waals surface area contributed by atoms with Gasteiger partial charge >= 0.3 is 0 Å². The van der Waals surface area contributed by atoms with Crippen LogP contribution in [0.4, 0.5) is 4.39 Å². The van der Waals surface area contributed by atoms with Crippen LogP contribution in [0.3, 0.4) is 0 Å². The van der Waals surface area contributed by atoms with Crippen molar-refractivity contribution in [2.24, 2.45) is 0 Å². The highest BCUT2D eigenvalue weighted by Gasteiger charge is 2.20. The highest BCUT2D eigenvalue weighted by molar-refractivity contribution is 9.10. The lowest BCUT2D eigenvalue weighted by atomic mass is 10.0. The van der Waals surface area contributed by atoms with E-state index in [0.717, 1.165) is 28.8 Å². The number of nitrogens with one attached hydrogen (secondary N) is 1. The van der Waals surface area contributed by atoms with Crippen LogP contribution in [0, 0.1) is 5.82 Å². The molecule has 1 aliphatic heterocycles. The Labute approximate surface area is 118 Å². The maximum Gasteiger partial charge on any atom is 0.129 e. The van der Waals surface area contributed by atoms with Crippen molar-refractivity contribution < 1.29 is 8.60 Å². The van der Waals surface area contributed by atoms with Crippen LogP contribution in [0.5, 0.6) is 0 Å². The maximum absolute atomic E-state index is 13.8. The van der Waals surface area contributed by atoms with Gasteiger partial charge in [0, 0.05) is 44.4 Å². The smallest absolute Gasteiger partial charge is 0.129 e. The van der Waals surface area contributed by atoms with Crippen LogP contribution < -0.4 is 5.32 Å². The summed E-state index contributed by atoms with van der Waals surface area (Å²) in [4.78, 5) is 0. The lowest BCUT2D eigenvalue weighted by Crippen LogP contribution is -2.37. The standard InChI is InChI=1S/C13H17BrFNOS/c1-9(12-3-2-10(14)8-13(12)15)16-11-4-6-18(17)7-5-11/h2-3,8-9,11,16H,4-7H2,1H3. The molecule has 0 bridgehead atoms. The van der Waals surface area contributed by atoms with E-state index in [0.29, 0.717) is 11.6 Å². The quantitative estimate of drug-likeness (QED) is 0.920. The topological polar surface area (TPSA) is 29.1 Å². The van der Waals surface area contributed by atoms with Gasteiger partial charge in [0.05, 0.1) is 0 Å². The predicted octanol–water partition coefficient (Wildman–Crippen LogP) is 3.15. The molecular weight excluding hydrogens is 317 g/mol. The average Bonchev–Trinajstić information content (AvgIpc) is 2.32. The molecule has 100 valence electrons. The highest BCUT2D eigenvalue weighted by Crippen LogP contribution is 2.22. The molecule has 0 aliphatic carbocycles. The van der Waals surface area contributed by atoms with E-state index in [1.807, 2.05) is 13.0 Å². The lowest BCUT2D eigenvalue weighted by molar-refractivity contribution is 0.417. The van der Waals surface area contributed by atoms with Gasteiger partial charge < -0.3 is 5.32 Å². The third-order valence-corrected chi connectivity index (χ3v) is 5.18. The summed E-state index contributed by atoms with van der Waals surface area (Å²) in [5, 5.41) is 3.43. The van der Waals surface area contributed by atoms with E-state index < -0.39 is 10.8 Å². The summed E-state index contributed by atoms with van der Waals surface area (Å²) in [7, 11) is -0.648. The van der Waals surface area contributed by atoms with Crippen LogP contribution in [-0.2, 0) is 10.8 Å². The van der Waals surface area contributed by atoms with Crippen molar-refractivity contribution >= 4 is 26.7 Å². The Bertz CT molecular complexity index is 445. The fourth-order valence-corrected chi connectivity index (χ4v) is 3.89. The predicted molar refractivity (Wildman–Crippen MR) is 76.5 cm³/mol. The molecule has 1 saturated heterocycles. The van der Waals surface area contributed by atoms with Crippen molar-refractivity contribution in [1.82, 2.24) is 5.32 Å². The van der Waals surface area contributed by atoms with Gasteiger partial charge in [-0.1, -0.05) is 22.0 Å². The van der Waals surface area contributed by atoms with E-state index in [-0.39, 0.29) is 11.9 Å². The molecule has 1 aliphatic rings. The minimum absolute atomic E-state index is 0.0189. The summed E-state index contributed by atoms with van der Waals surface area (Å²) in [5.74, 6) is 1.32. The number of halogens is 2. The van der Waals surface area contributed by atoms with E-state index in [1.165, 1.54) is 6.07 Å². The molecule has 1 aromatic rings. The first-order valence-electron chi connectivity index (χ1n) is 6.12. The Morgan fingerprint density at radius 3 is 2.72 bits per heavy atom. The number of benzene rings is 1. The summed E-state index contributed by atoms with van der Waals surface area (Å²) >= 11 is 3.26. The van der Waals surface area contributed by atoms with Crippen LogP contribution in [0.25, 0.3) is 0 Å². The summed E-state index contributed by atoms with van der Waals surface area (Å²) in [6.45, 7) is 1.97. The molecule has 5 heteroatoms. The number of hydrogen-bond donors (Lipinski definition) is 1. The minimum atomic E-state index is -0.648. The fraction of sp³-hybridized carbons (Fsp3) is 0.538. The largest absolute Gasteiger partial charge is 0.307 e.